The number of ether oxygens (including phenoxy) is 1. The largest absolute Gasteiger partial charge is 0.377 e. The van der Waals surface area contributed by atoms with E-state index < -0.39 is 0 Å². The predicted octanol–water partition coefficient (Wildman–Crippen LogP) is 4.67. The lowest BCUT2D eigenvalue weighted by Gasteiger charge is -2.43. The molecule has 0 aromatic rings. The van der Waals surface area contributed by atoms with Gasteiger partial charge in [-0.05, 0) is 32.2 Å². The number of methoxy groups -OCH3 is 1. The van der Waals surface area contributed by atoms with Gasteiger partial charge in [0.25, 0.3) is 0 Å². The van der Waals surface area contributed by atoms with E-state index in [1.165, 1.54) is 70.6 Å². The van der Waals surface area contributed by atoms with Crippen LogP contribution in [0, 0.1) is 0 Å². The molecule has 0 saturated heterocycles. The molecule has 2 heteroatoms. The molecule has 1 N–H and O–H groups in total. The topological polar surface area (TPSA) is 21.3 Å². The first-order chi connectivity index (χ1) is 9.29. The lowest BCUT2D eigenvalue weighted by molar-refractivity contribution is -0.0696. The van der Waals surface area contributed by atoms with Crippen molar-refractivity contribution >= 4 is 0 Å². The summed E-state index contributed by atoms with van der Waals surface area (Å²) in [4.78, 5) is 0. The average Bonchev–Trinajstić information content (AvgIpc) is 2.47. The maximum atomic E-state index is 6.03. The molecule has 1 saturated carbocycles. The molecule has 2 nitrogen and oxygen atoms in total. The average molecular weight is 269 g/mol. The van der Waals surface area contributed by atoms with E-state index in [9.17, 15) is 0 Å². The zero-order valence-electron chi connectivity index (χ0n) is 13.5. The highest BCUT2D eigenvalue weighted by molar-refractivity contribution is 4.95. The van der Waals surface area contributed by atoms with Gasteiger partial charge in [-0.25, -0.2) is 0 Å². The molecule has 19 heavy (non-hydrogen) atoms. The van der Waals surface area contributed by atoms with Crippen molar-refractivity contribution in [3.8, 4) is 0 Å². The highest BCUT2D eigenvalue weighted by Crippen LogP contribution is 2.36. The summed E-state index contributed by atoms with van der Waals surface area (Å²) in [6.07, 6.45) is 14.5. The van der Waals surface area contributed by atoms with E-state index in [0.717, 1.165) is 6.54 Å². The summed E-state index contributed by atoms with van der Waals surface area (Å²) < 4.78 is 6.03. The summed E-state index contributed by atoms with van der Waals surface area (Å²) >= 11 is 0. The minimum Gasteiger partial charge on any atom is -0.377 e. The second kappa shape index (κ2) is 9.77. The molecule has 0 bridgehead atoms. The summed E-state index contributed by atoms with van der Waals surface area (Å²) in [6, 6.07) is 0.564. The van der Waals surface area contributed by atoms with E-state index in [1.54, 1.807) is 0 Å². The van der Waals surface area contributed by atoms with Crippen molar-refractivity contribution in [2.75, 3.05) is 13.7 Å². The van der Waals surface area contributed by atoms with Crippen LogP contribution in [0.4, 0.5) is 0 Å². The monoisotopic (exact) mass is 269 g/mol. The molecular formula is C17H35NO. The second-order valence-electron chi connectivity index (χ2n) is 6.19. The maximum Gasteiger partial charge on any atom is 0.0830 e. The summed E-state index contributed by atoms with van der Waals surface area (Å²) in [5, 5.41) is 3.78. The number of unbranched alkanes of at least 4 members (excludes halogenated alkanes) is 3. The van der Waals surface area contributed by atoms with Crippen LogP contribution in [0.15, 0.2) is 0 Å². The fourth-order valence-corrected chi connectivity index (χ4v) is 3.49. The Morgan fingerprint density at radius 3 is 2.32 bits per heavy atom. The van der Waals surface area contributed by atoms with Crippen molar-refractivity contribution in [3.05, 3.63) is 0 Å². The Morgan fingerprint density at radius 2 is 1.74 bits per heavy atom. The van der Waals surface area contributed by atoms with Gasteiger partial charge in [-0.1, -0.05) is 58.8 Å². The van der Waals surface area contributed by atoms with Gasteiger partial charge in [-0.15, -0.1) is 0 Å². The molecule has 114 valence electrons. The van der Waals surface area contributed by atoms with Crippen LogP contribution in [0.3, 0.4) is 0 Å². The first-order valence-corrected chi connectivity index (χ1v) is 8.57. The van der Waals surface area contributed by atoms with Crippen molar-refractivity contribution in [1.82, 2.24) is 5.32 Å². The number of nitrogens with one attached hydrogen (secondary N) is 1. The third-order valence-electron chi connectivity index (χ3n) is 4.73. The van der Waals surface area contributed by atoms with E-state index in [0.29, 0.717) is 6.04 Å². The lowest BCUT2D eigenvalue weighted by Crippen LogP contribution is -2.53. The quantitative estimate of drug-likeness (QED) is 0.582. The van der Waals surface area contributed by atoms with Crippen molar-refractivity contribution in [2.24, 2.45) is 0 Å². The van der Waals surface area contributed by atoms with Gasteiger partial charge in [0.2, 0.25) is 0 Å². The number of rotatable bonds is 10. The summed E-state index contributed by atoms with van der Waals surface area (Å²) in [5.41, 5.74) is 0.125. The Balaban J connectivity index is 2.53. The second-order valence-corrected chi connectivity index (χ2v) is 6.19. The van der Waals surface area contributed by atoms with Crippen LogP contribution in [0.5, 0.6) is 0 Å². The van der Waals surface area contributed by atoms with Gasteiger partial charge in [0.15, 0.2) is 0 Å². The normalized spacial score (nSPS) is 20.4. The molecule has 0 aromatic heterocycles. The van der Waals surface area contributed by atoms with Gasteiger partial charge in [0.05, 0.1) is 5.60 Å². The van der Waals surface area contributed by atoms with Crippen molar-refractivity contribution < 1.29 is 4.74 Å². The first kappa shape index (κ1) is 17.0. The summed E-state index contributed by atoms with van der Waals surface area (Å²) in [6.45, 7) is 5.66. The van der Waals surface area contributed by atoms with Crippen molar-refractivity contribution in [1.29, 1.82) is 0 Å². The van der Waals surface area contributed by atoms with Gasteiger partial charge < -0.3 is 10.1 Å². The van der Waals surface area contributed by atoms with Crippen LogP contribution < -0.4 is 5.32 Å². The molecule has 1 aliphatic carbocycles. The van der Waals surface area contributed by atoms with Crippen LogP contribution in [0.25, 0.3) is 0 Å². The Kier molecular flexibility index (Phi) is 8.72. The summed E-state index contributed by atoms with van der Waals surface area (Å²) in [7, 11) is 1.93. The van der Waals surface area contributed by atoms with E-state index >= 15 is 0 Å². The van der Waals surface area contributed by atoms with Gasteiger partial charge in [0, 0.05) is 13.2 Å². The molecule has 1 atom stereocenters. The Labute approximate surface area is 120 Å². The Morgan fingerprint density at radius 1 is 1.00 bits per heavy atom. The van der Waals surface area contributed by atoms with Crippen molar-refractivity contribution in [2.45, 2.75) is 96.1 Å². The molecule has 0 radical (unpaired) electrons. The minimum absolute atomic E-state index is 0.125. The molecular weight excluding hydrogens is 234 g/mol. The molecule has 0 spiro atoms. The SMILES string of the molecule is CCCCCCC(NCCC)C1(OC)CCCCC1. The molecule has 1 aliphatic rings. The third-order valence-corrected chi connectivity index (χ3v) is 4.73. The van der Waals surface area contributed by atoms with Gasteiger partial charge >= 0.3 is 0 Å². The third kappa shape index (κ3) is 5.43. The molecule has 1 unspecified atom stereocenters. The fourth-order valence-electron chi connectivity index (χ4n) is 3.49. The zero-order valence-corrected chi connectivity index (χ0v) is 13.5. The molecule has 1 fully saturated rings. The van der Waals surface area contributed by atoms with Gasteiger partial charge in [0.1, 0.15) is 0 Å². The standard InChI is InChI=1S/C17H35NO/c1-4-6-7-9-12-16(18-15-5-2)17(19-3)13-10-8-11-14-17/h16,18H,4-15H2,1-3H3. The predicted molar refractivity (Wildman–Crippen MR) is 83.7 cm³/mol. The highest BCUT2D eigenvalue weighted by Gasteiger charge is 2.39. The van der Waals surface area contributed by atoms with E-state index in [2.05, 4.69) is 19.2 Å². The molecule has 0 aliphatic heterocycles. The lowest BCUT2D eigenvalue weighted by atomic mass is 9.77. The molecule has 0 aromatic carbocycles. The van der Waals surface area contributed by atoms with E-state index in [-0.39, 0.29) is 5.60 Å². The molecule has 0 amide bonds. The minimum atomic E-state index is 0.125. The van der Waals surface area contributed by atoms with E-state index in [4.69, 9.17) is 4.74 Å². The van der Waals surface area contributed by atoms with Crippen LogP contribution in [0.1, 0.15) is 84.5 Å². The fraction of sp³-hybridized carbons (Fsp3) is 1.00. The smallest absolute Gasteiger partial charge is 0.0830 e. The maximum absolute atomic E-state index is 6.03. The summed E-state index contributed by atoms with van der Waals surface area (Å²) in [5.74, 6) is 0. The molecule has 1 rings (SSSR count). The van der Waals surface area contributed by atoms with Crippen LogP contribution in [0.2, 0.25) is 0 Å². The Hall–Kier alpha value is -0.0800. The number of hydrogen-bond acceptors (Lipinski definition) is 2. The zero-order chi connectivity index (χ0) is 14.0. The van der Waals surface area contributed by atoms with Crippen LogP contribution in [-0.4, -0.2) is 25.3 Å². The van der Waals surface area contributed by atoms with E-state index in [1.807, 2.05) is 7.11 Å². The van der Waals surface area contributed by atoms with Crippen molar-refractivity contribution in [3.63, 3.8) is 0 Å². The first-order valence-electron chi connectivity index (χ1n) is 8.57. The Bertz CT molecular complexity index is 211. The number of hydrogen-bond donors (Lipinski definition) is 1. The highest BCUT2D eigenvalue weighted by atomic mass is 16.5. The molecule has 0 heterocycles. The van der Waals surface area contributed by atoms with Gasteiger partial charge in [-0.3, -0.25) is 0 Å². The van der Waals surface area contributed by atoms with Crippen LogP contribution >= 0.6 is 0 Å². The van der Waals surface area contributed by atoms with Gasteiger partial charge in [-0.2, -0.15) is 0 Å². The van der Waals surface area contributed by atoms with Crippen LogP contribution in [-0.2, 0) is 4.74 Å².